The van der Waals surface area contributed by atoms with E-state index < -0.39 is 0 Å². The van der Waals surface area contributed by atoms with Crippen molar-refractivity contribution >= 4 is 44.6 Å². The number of hydrogen-bond acceptors (Lipinski definition) is 7. The minimum atomic E-state index is -0.287. The second kappa shape index (κ2) is 10.0. The van der Waals surface area contributed by atoms with Gasteiger partial charge in [-0.15, -0.1) is 11.3 Å². The lowest BCUT2D eigenvalue weighted by molar-refractivity contribution is -0.142. The van der Waals surface area contributed by atoms with Crippen LogP contribution in [0.5, 0.6) is 11.5 Å². The molecule has 1 aromatic heterocycles. The van der Waals surface area contributed by atoms with Crippen molar-refractivity contribution in [2.45, 2.75) is 13.3 Å². The van der Waals surface area contributed by atoms with Gasteiger partial charge in [0.05, 0.1) is 29.4 Å². The van der Waals surface area contributed by atoms with Crippen LogP contribution in [-0.4, -0.2) is 23.8 Å². The van der Waals surface area contributed by atoms with Gasteiger partial charge < -0.3 is 9.47 Å². The number of hydrogen-bond donors (Lipinski definition) is 1. The summed E-state index contributed by atoms with van der Waals surface area (Å²) >= 11 is 4.90. The van der Waals surface area contributed by atoms with Gasteiger partial charge in [0.2, 0.25) is 5.13 Å². The van der Waals surface area contributed by atoms with E-state index in [4.69, 9.17) is 9.47 Å². The molecule has 1 heterocycles. The molecule has 6 nitrogen and oxygen atoms in total. The van der Waals surface area contributed by atoms with Crippen molar-refractivity contribution < 1.29 is 14.3 Å². The number of ether oxygens (including phenoxy) is 2. The lowest BCUT2D eigenvalue weighted by Crippen LogP contribution is -2.07. The highest BCUT2D eigenvalue weighted by Gasteiger charge is 2.08. The molecule has 0 radical (unpaired) electrons. The third-order valence-corrected chi connectivity index (χ3v) is 4.90. The zero-order valence-corrected chi connectivity index (χ0v) is 17.5. The molecule has 144 valence electrons. The zero-order valence-electron chi connectivity index (χ0n) is 15.1. The average molecular weight is 460 g/mol. The van der Waals surface area contributed by atoms with Crippen LogP contribution in [0.25, 0.3) is 0 Å². The first-order valence-corrected chi connectivity index (χ1v) is 10.2. The maximum absolute atomic E-state index is 11.5. The van der Waals surface area contributed by atoms with Crippen LogP contribution in [0.1, 0.15) is 18.2 Å². The molecular formula is C20H18BrN3O3S. The van der Waals surface area contributed by atoms with Crippen LogP contribution in [0.15, 0.2) is 63.5 Å². The summed E-state index contributed by atoms with van der Waals surface area (Å²) in [4.78, 5) is 15.8. The third-order valence-electron chi connectivity index (χ3n) is 3.48. The minimum Gasteiger partial charge on any atom is -0.466 e. The fraction of sp³-hybridized carbons (Fsp3) is 0.150. The van der Waals surface area contributed by atoms with E-state index >= 15 is 0 Å². The van der Waals surface area contributed by atoms with Gasteiger partial charge >= 0.3 is 5.97 Å². The van der Waals surface area contributed by atoms with E-state index in [0.717, 1.165) is 21.5 Å². The van der Waals surface area contributed by atoms with E-state index in [2.05, 4.69) is 31.4 Å². The summed E-state index contributed by atoms with van der Waals surface area (Å²) < 4.78 is 11.6. The van der Waals surface area contributed by atoms with Gasteiger partial charge in [0, 0.05) is 5.38 Å². The molecule has 0 aliphatic heterocycles. The van der Waals surface area contributed by atoms with Gasteiger partial charge in [-0.1, -0.05) is 18.2 Å². The van der Waals surface area contributed by atoms with Crippen molar-refractivity contribution in [2.75, 3.05) is 12.0 Å². The Morgan fingerprint density at radius 3 is 2.86 bits per heavy atom. The molecule has 1 N–H and O–H groups in total. The standard InChI is InChI=1S/C20H18BrN3O3S/c1-2-26-19(25)11-15-13-28-20(23-15)24-22-12-14-8-9-18(17(21)10-14)27-16-6-4-3-5-7-16/h3-10,12-13H,2,11H2,1H3,(H,23,24). The van der Waals surface area contributed by atoms with Gasteiger partial charge in [-0.2, -0.15) is 5.10 Å². The Morgan fingerprint density at radius 1 is 1.29 bits per heavy atom. The molecule has 0 bridgehead atoms. The number of thiazole rings is 1. The van der Waals surface area contributed by atoms with Crippen LogP contribution >= 0.6 is 27.3 Å². The Bertz CT molecular complexity index is 960. The predicted molar refractivity (Wildman–Crippen MR) is 114 cm³/mol. The normalized spacial score (nSPS) is 10.8. The first kappa shape index (κ1) is 20.0. The van der Waals surface area contributed by atoms with Crippen LogP contribution in [0.3, 0.4) is 0 Å². The van der Waals surface area contributed by atoms with E-state index in [0.29, 0.717) is 17.4 Å². The van der Waals surface area contributed by atoms with Crippen molar-refractivity contribution in [3.63, 3.8) is 0 Å². The summed E-state index contributed by atoms with van der Waals surface area (Å²) in [7, 11) is 0. The van der Waals surface area contributed by atoms with Gasteiger partial charge in [0.15, 0.2) is 0 Å². The number of nitrogens with one attached hydrogen (secondary N) is 1. The SMILES string of the molecule is CCOC(=O)Cc1csc(NN=Cc2ccc(Oc3ccccc3)c(Br)c2)n1. The maximum Gasteiger partial charge on any atom is 0.311 e. The van der Waals surface area contributed by atoms with Crippen LogP contribution < -0.4 is 10.2 Å². The first-order chi connectivity index (χ1) is 13.6. The minimum absolute atomic E-state index is 0.158. The Hall–Kier alpha value is -2.71. The Balaban J connectivity index is 1.57. The van der Waals surface area contributed by atoms with E-state index in [9.17, 15) is 4.79 Å². The molecule has 0 aliphatic rings. The molecule has 3 rings (SSSR count). The van der Waals surface area contributed by atoms with Gasteiger partial charge in [-0.05, 0) is 58.7 Å². The number of halogens is 1. The second-order valence-corrected chi connectivity index (χ2v) is 7.31. The van der Waals surface area contributed by atoms with Gasteiger partial charge in [-0.25, -0.2) is 4.98 Å². The van der Waals surface area contributed by atoms with Gasteiger partial charge in [-0.3, -0.25) is 10.2 Å². The number of carbonyl (C=O) groups is 1. The summed E-state index contributed by atoms with van der Waals surface area (Å²) in [6.45, 7) is 2.14. The highest BCUT2D eigenvalue weighted by atomic mass is 79.9. The van der Waals surface area contributed by atoms with Crippen molar-refractivity contribution in [3.05, 3.63) is 69.6 Å². The fourth-order valence-corrected chi connectivity index (χ4v) is 3.39. The van der Waals surface area contributed by atoms with Gasteiger partial charge in [0.25, 0.3) is 0 Å². The Kier molecular flexibility index (Phi) is 7.16. The van der Waals surface area contributed by atoms with E-state index in [1.165, 1.54) is 11.3 Å². The first-order valence-electron chi connectivity index (χ1n) is 8.55. The number of esters is 1. The summed E-state index contributed by atoms with van der Waals surface area (Å²) in [5.74, 6) is 1.21. The van der Waals surface area contributed by atoms with E-state index in [-0.39, 0.29) is 12.4 Å². The van der Waals surface area contributed by atoms with Crippen molar-refractivity contribution in [2.24, 2.45) is 5.10 Å². The number of rotatable bonds is 8. The lowest BCUT2D eigenvalue weighted by atomic mass is 10.2. The molecule has 8 heteroatoms. The van der Waals surface area contributed by atoms with Crippen molar-refractivity contribution in [3.8, 4) is 11.5 Å². The summed E-state index contributed by atoms with van der Waals surface area (Å²) in [6.07, 6.45) is 1.84. The molecule has 0 fully saturated rings. The summed E-state index contributed by atoms with van der Waals surface area (Å²) in [6, 6.07) is 15.3. The fourth-order valence-electron chi connectivity index (χ4n) is 2.26. The number of benzene rings is 2. The molecule has 0 atom stereocenters. The highest BCUT2D eigenvalue weighted by Crippen LogP contribution is 2.30. The molecule has 0 aliphatic carbocycles. The molecular weight excluding hydrogens is 442 g/mol. The predicted octanol–water partition coefficient (Wildman–Crippen LogP) is 5.25. The van der Waals surface area contributed by atoms with Crippen LogP contribution in [0.2, 0.25) is 0 Å². The smallest absolute Gasteiger partial charge is 0.311 e. The number of carbonyl (C=O) groups excluding carboxylic acids is 1. The number of nitrogens with zero attached hydrogens (tertiary/aromatic N) is 2. The lowest BCUT2D eigenvalue weighted by Gasteiger charge is -2.08. The number of aromatic nitrogens is 1. The van der Waals surface area contributed by atoms with E-state index in [1.54, 1.807) is 18.5 Å². The van der Waals surface area contributed by atoms with E-state index in [1.807, 2.05) is 48.5 Å². The molecule has 0 spiro atoms. The molecule has 2 aromatic carbocycles. The average Bonchev–Trinajstić information content (AvgIpc) is 3.12. The van der Waals surface area contributed by atoms with Gasteiger partial charge in [0.1, 0.15) is 11.5 Å². The number of hydrazone groups is 1. The topological polar surface area (TPSA) is 72.8 Å². The summed E-state index contributed by atoms with van der Waals surface area (Å²) in [5, 5.41) is 6.61. The molecule has 0 saturated carbocycles. The van der Waals surface area contributed by atoms with Crippen LogP contribution in [0.4, 0.5) is 5.13 Å². The molecule has 0 unspecified atom stereocenters. The highest BCUT2D eigenvalue weighted by molar-refractivity contribution is 9.10. The third kappa shape index (κ3) is 5.90. The molecule has 0 saturated heterocycles. The molecule has 28 heavy (non-hydrogen) atoms. The van der Waals surface area contributed by atoms with Crippen LogP contribution in [-0.2, 0) is 16.0 Å². The monoisotopic (exact) mass is 459 g/mol. The Morgan fingerprint density at radius 2 is 2.11 bits per heavy atom. The Labute approximate surface area is 175 Å². The quantitative estimate of drug-likeness (QED) is 0.283. The van der Waals surface area contributed by atoms with Crippen molar-refractivity contribution in [1.82, 2.24) is 4.98 Å². The number of anilines is 1. The summed E-state index contributed by atoms with van der Waals surface area (Å²) in [5.41, 5.74) is 4.42. The largest absolute Gasteiger partial charge is 0.466 e. The molecule has 3 aromatic rings. The zero-order chi connectivity index (χ0) is 19.8. The number of para-hydroxylation sites is 1. The second-order valence-electron chi connectivity index (χ2n) is 5.60. The van der Waals surface area contributed by atoms with Crippen molar-refractivity contribution in [1.29, 1.82) is 0 Å². The maximum atomic E-state index is 11.5. The molecule has 0 amide bonds. The van der Waals surface area contributed by atoms with Crippen LogP contribution in [0, 0.1) is 0 Å².